The van der Waals surface area contributed by atoms with Gasteiger partial charge in [0.05, 0.1) is 11.4 Å². The van der Waals surface area contributed by atoms with Crippen LogP contribution in [-0.2, 0) is 0 Å². The maximum Gasteiger partial charge on any atom is 0.225 e. The summed E-state index contributed by atoms with van der Waals surface area (Å²) in [5, 5.41) is 6.69. The molecule has 0 spiro atoms. The molecule has 0 saturated heterocycles. The van der Waals surface area contributed by atoms with E-state index in [0.717, 1.165) is 26.3 Å². The first-order valence-electron chi connectivity index (χ1n) is 7.84. The normalized spacial score (nSPS) is 10.7. The summed E-state index contributed by atoms with van der Waals surface area (Å²) in [5.41, 5.74) is 2.99. The van der Waals surface area contributed by atoms with Crippen LogP contribution < -0.4 is 10.6 Å². The summed E-state index contributed by atoms with van der Waals surface area (Å²) < 4.78 is 1.15. The van der Waals surface area contributed by atoms with Gasteiger partial charge in [0.1, 0.15) is 5.82 Å². The molecule has 2 aromatic carbocycles. The van der Waals surface area contributed by atoms with Gasteiger partial charge in [0.25, 0.3) is 0 Å². The second kappa shape index (κ2) is 7.61. The Kier molecular flexibility index (Phi) is 5.30. The molecule has 0 amide bonds. The maximum absolute atomic E-state index is 4.64. The van der Waals surface area contributed by atoms with Gasteiger partial charge in [-0.2, -0.15) is 4.98 Å². The average Bonchev–Trinajstić information content (AvgIpc) is 2.57. The fourth-order valence-corrected chi connectivity index (χ4v) is 2.81. The molecule has 1 heterocycles. The van der Waals surface area contributed by atoms with Crippen molar-refractivity contribution in [2.75, 3.05) is 10.6 Å². The number of hydrogen-bond acceptors (Lipinski definition) is 4. The highest BCUT2D eigenvalue weighted by Crippen LogP contribution is 2.25. The van der Waals surface area contributed by atoms with E-state index in [2.05, 4.69) is 75.2 Å². The number of hydrogen-bond donors (Lipinski definition) is 2. The van der Waals surface area contributed by atoms with Crippen molar-refractivity contribution in [3.63, 3.8) is 0 Å². The Hall–Kier alpha value is -2.15. The van der Waals surface area contributed by atoms with Crippen molar-refractivity contribution < 1.29 is 0 Å². The first kappa shape index (κ1) is 16.7. The smallest absolute Gasteiger partial charge is 0.225 e. The van der Waals surface area contributed by atoms with Crippen LogP contribution in [0.4, 0.5) is 17.5 Å². The van der Waals surface area contributed by atoms with Crippen LogP contribution in [0.5, 0.6) is 0 Å². The number of benzene rings is 2. The summed E-state index contributed by atoms with van der Waals surface area (Å²) in [5.74, 6) is 1.40. The molecule has 3 aromatic rings. The Morgan fingerprint density at radius 3 is 2.33 bits per heavy atom. The minimum atomic E-state index is 0.265. The van der Waals surface area contributed by atoms with Crippen LogP contribution in [-0.4, -0.2) is 16.0 Å². The minimum absolute atomic E-state index is 0.265. The van der Waals surface area contributed by atoms with E-state index >= 15 is 0 Å². The van der Waals surface area contributed by atoms with Crippen molar-refractivity contribution in [1.29, 1.82) is 0 Å². The van der Waals surface area contributed by atoms with Gasteiger partial charge in [0, 0.05) is 21.2 Å². The van der Waals surface area contributed by atoms with Gasteiger partial charge in [-0.1, -0.05) is 42.5 Å². The topological polar surface area (TPSA) is 49.8 Å². The van der Waals surface area contributed by atoms with Gasteiger partial charge in [0.2, 0.25) is 5.95 Å². The van der Waals surface area contributed by atoms with Crippen molar-refractivity contribution in [2.24, 2.45) is 0 Å². The molecule has 0 fully saturated rings. The zero-order chi connectivity index (χ0) is 16.9. The summed E-state index contributed by atoms with van der Waals surface area (Å²) >= 11 is 2.31. The zero-order valence-electron chi connectivity index (χ0n) is 13.6. The van der Waals surface area contributed by atoms with Gasteiger partial charge in [0.15, 0.2) is 0 Å². The fraction of sp³-hybridized carbons (Fsp3) is 0.158. The Balaban J connectivity index is 2.00. The summed E-state index contributed by atoms with van der Waals surface area (Å²) in [4.78, 5) is 9.24. The first-order chi connectivity index (χ1) is 11.6. The molecule has 3 rings (SSSR count). The molecule has 2 N–H and O–H groups in total. The fourth-order valence-electron chi connectivity index (χ4n) is 2.29. The molecule has 0 saturated carbocycles. The SMILES string of the molecule is CC(C)Nc1nc(Nc2ccccc2I)cc(-c2ccccc2)n1. The van der Waals surface area contributed by atoms with E-state index in [-0.39, 0.29) is 6.04 Å². The predicted molar refractivity (Wildman–Crippen MR) is 109 cm³/mol. The third-order valence-corrected chi connectivity index (χ3v) is 4.29. The second-order valence-electron chi connectivity index (χ2n) is 5.73. The third-order valence-electron chi connectivity index (χ3n) is 3.35. The van der Waals surface area contributed by atoms with Crippen LogP contribution >= 0.6 is 22.6 Å². The molecule has 0 aliphatic heterocycles. The molecule has 0 radical (unpaired) electrons. The van der Waals surface area contributed by atoms with E-state index in [1.54, 1.807) is 0 Å². The lowest BCUT2D eigenvalue weighted by Crippen LogP contribution is -2.13. The number of halogens is 1. The Morgan fingerprint density at radius 2 is 1.62 bits per heavy atom. The van der Waals surface area contributed by atoms with Gasteiger partial charge in [-0.05, 0) is 48.6 Å². The summed E-state index contributed by atoms with van der Waals surface area (Å²) in [6.07, 6.45) is 0. The van der Waals surface area contributed by atoms with Crippen molar-refractivity contribution in [3.8, 4) is 11.3 Å². The molecule has 0 aliphatic carbocycles. The molecule has 0 aliphatic rings. The molecule has 0 atom stereocenters. The highest BCUT2D eigenvalue weighted by molar-refractivity contribution is 14.1. The molecule has 122 valence electrons. The summed E-state index contributed by atoms with van der Waals surface area (Å²) in [7, 11) is 0. The highest BCUT2D eigenvalue weighted by atomic mass is 127. The standard InChI is InChI=1S/C19H19IN4/c1-13(2)21-19-23-17(14-8-4-3-5-9-14)12-18(24-19)22-16-11-7-6-10-15(16)20/h3-13H,1-2H3,(H2,21,22,23,24). The Labute approximate surface area is 155 Å². The highest BCUT2D eigenvalue weighted by Gasteiger charge is 2.09. The molecule has 0 unspecified atom stereocenters. The number of nitrogens with zero attached hydrogens (tertiary/aromatic N) is 2. The lowest BCUT2D eigenvalue weighted by Gasteiger charge is -2.13. The van der Waals surface area contributed by atoms with E-state index in [1.807, 2.05) is 42.5 Å². The Morgan fingerprint density at radius 1 is 0.917 bits per heavy atom. The second-order valence-corrected chi connectivity index (χ2v) is 6.89. The van der Waals surface area contributed by atoms with Gasteiger partial charge in [-0.25, -0.2) is 4.98 Å². The van der Waals surface area contributed by atoms with Crippen LogP contribution in [0.1, 0.15) is 13.8 Å². The molecular formula is C19H19IN4. The predicted octanol–water partition coefficient (Wildman–Crippen LogP) is 5.31. The van der Waals surface area contributed by atoms with Gasteiger partial charge >= 0.3 is 0 Å². The molecule has 4 nitrogen and oxygen atoms in total. The number of nitrogens with one attached hydrogen (secondary N) is 2. The quantitative estimate of drug-likeness (QED) is 0.539. The number of aromatic nitrogens is 2. The third kappa shape index (κ3) is 4.23. The van der Waals surface area contributed by atoms with Crippen LogP contribution in [0, 0.1) is 3.57 Å². The number of anilines is 3. The lowest BCUT2D eigenvalue weighted by molar-refractivity contribution is 0.876. The molecule has 1 aromatic heterocycles. The Bertz CT molecular complexity index is 819. The van der Waals surface area contributed by atoms with E-state index in [4.69, 9.17) is 0 Å². The molecule has 5 heteroatoms. The zero-order valence-corrected chi connectivity index (χ0v) is 15.8. The minimum Gasteiger partial charge on any atom is -0.352 e. The number of para-hydroxylation sites is 1. The van der Waals surface area contributed by atoms with Crippen LogP contribution in [0.15, 0.2) is 60.7 Å². The van der Waals surface area contributed by atoms with Crippen molar-refractivity contribution in [2.45, 2.75) is 19.9 Å². The van der Waals surface area contributed by atoms with E-state index in [9.17, 15) is 0 Å². The number of rotatable bonds is 5. The lowest BCUT2D eigenvalue weighted by atomic mass is 10.1. The van der Waals surface area contributed by atoms with Crippen molar-refractivity contribution in [3.05, 3.63) is 64.2 Å². The van der Waals surface area contributed by atoms with Crippen molar-refractivity contribution in [1.82, 2.24) is 9.97 Å². The van der Waals surface area contributed by atoms with Crippen LogP contribution in [0.3, 0.4) is 0 Å². The summed E-state index contributed by atoms with van der Waals surface area (Å²) in [6.45, 7) is 4.15. The molecular weight excluding hydrogens is 411 g/mol. The molecule has 0 bridgehead atoms. The monoisotopic (exact) mass is 430 g/mol. The van der Waals surface area contributed by atoms with Gasteiger partial charge < -0.3 is 10.6 Å². The van der Waals surface area contributed by atoms with Crippen LogP contribution in [0.25, 0.3) is 11.3 Å². The summed E-state index contributed by atoms with van der Waals surface area (Å²) in [6, 6.07) is 20.5. The largest absolute Gasteiger partial charge is 0.352 e. The van der Waals surface area contributed by atoms with Gasteiger partial charge in [-0.15, -0.1) is 0 Å². The van der Waals surface area contributed by atoms with Gasteiger partial charge in [-0.3, -0.25) is 0 Å². The van der Waals surface area contributed by atoms with Crippen LogP contribution in [0.2, 0.25) is 0 Å². The van der Waals surface area contributed by atoms with E-state index < -0.39 is 0 Å². The van der Waals surface area contributed by atoms with E-state index in [1.165, 1.54) is 0 Å². The van der Waals surface area contributed by atoms with Crippen molar-refractivity contribution >= 4 is 40.0 Å². The molecule has 24 heavy (non-hydrogen) atoms. The maximum atomic E-state index is 4.64. The first-order valence-corrected chi connectivity index (χ1v) is 8.92. The van der Waals surface area contributed by atoms with E-state index in [0.29, 0.717) is 5.95 Å². The average molecular weight is 430 g/mol.